The van der Waals surface area contributed by atoms with Crippen LogP contribution in [-0.2, 0) is 32.2 Å². The molecule has 2 aromatic carbocycles. The Hall–Kier alpha value is -3.57. The molecule has 2 amide bonds. The number of carbonyl (C=O) groups excluding carboxylic acids is 2. The molecule has 6 rings (SSSR count). The first-order valence-corrected chi connectivity index (χ1v) is 20.7. The number of likely N-dealkylation sites (tertiary alicyclic amines) is 1. The van der Waals surface area contributed by atoms with E-state index in [4.69, 9.17) is 0 Å². The molecule has 3 unspecified atom stereocenters. The molecule has 53 heavy (non-hydrogen) atoms. The van der Waals surface area contributed by atoms with Crippen molar-refractivity contribution in [2.75, 3.05) is 64.9 Å². The fourth-order valence-corrected chi connectivity index (χ4v) is 9.47. The second-order valence-electron chi connectivity index (χ2n) is 14.0. The van der Waals surface area contributed by atoms with Crippen LogP contribution in [0.2, 0.25) is 0 Å². The molecule has 4 aliphatic rings. The van der Waals surface area contributed by atoms with Crippen LogP contribution in [0.1, 0.15) is 48.4 Å². The van der Waals surface area contributed by atoms with Gasteiger partial charge in [0.05, 0.1) is 43.0 Å². The molecule has 4 heterocycles. The first-order chi connectivity index (χ1) is 25.2. The van der Waals surface area contributed by atoms with Crippen molar-refractivity contribution in [3.05, 3.63) is 88.8 Å². The summed E-state index contributed by atoms with van der Waals surface area (Å²) >= 11 is 1.01. The van der Waals surface area contributed by atoms with Gasteiger partial charge in [-0.1, -0.05) is 36.4 Å². The molecule has 11 nitrogen and oxygen atoms in total. The molecule has 0 spiro atoms. The predicted octanol–water partition coefficient (Wildman–Crippen LogP) is 3.85. The molecule has 288 valence electrons. The molecule has 2 N–H and O–H groups in total. The fraction of sp³-hybridized carbons (Fsp3) is 0.514. The summed E-state index contributed by atoms with van der Waals surface area (Å²) in [5, 5.41) is 18.0. The van der Waals surface area contributed by atoms with Gasteiger partial charge < -0.3 is 25.2 Å². The minimum Gasteiger partial charge on any atom is -0.389 e. The van der Waals surface area contributed by atoms with Gasteiger partial charge in [0, 0.05) is 75.5 Å². The maximum atomic E-state index is 14.2. The lowest BCUT2D eigenvalue weighted by Gasteiger charge is -2.37. The number of aliphatic hydroxyl groups is 1. The summed E-state index contributed by atoms with van der Waals surface area (Å²) in [5.74, 6) is 0.164. The average molecular weight is 777 g/mol. The molecule has 4 aliphatic heterocycles. The number of halogens is 3. The summed E-state index contributed by atoms with van der Waals surface area (Å²) in [6.45, 7) is 2.49. The predicted molar refractivity (Wildman–Crippen MR) is 197 cm³/mol. The van der Waals surface area contributed by atoms with E-state index in [1.165, 1.54) is 16.4 Å². The molecule has 2 aromatic rings. The highest BCUT2D eigenvalue weighted by molar-refractivity contribution is 7.99. The topological polar surface area (TPSA) is 117 Å². The van der Waals surface area contributed by atoms with E-state index in [2.05, 4.69) is 5.32 Å². The Morgan fingerprint density at radius 3 is 2.51 bits per heavy atom. The molecule has 0 bridgehead atoms. The lowest BCUT2D eigenvalue weighted by Crippen LogP contribution is -2.46. The molecule has 16 heteroatoms. The summed E-state index contributed by atoms with van der Waals surface area (Å²) in [7, 11) is -1.74. The summed E-state index contributed by atoms with van der Waals surface area (Å²) in [6.07, 6.45) is 2.47. The second kappa shape index (κ2) is 16.4. The zero-order chi connectivity index (χ0) is 37.9. The number of rotatable bonds is 13. The lowest BCUT2D eigenvalue weighted by atomic mass is 9.94. The van der Waals surface area contributed by atoms with E-state index in [1.807, 2.05) is 69.5 Å². The highest BCUT2D eigenvalue weighted by atomic mass is 32.2. The molecule has 1 saturated heterocycles. The highest BCUT2D eigenvalue weighted by Gasteiger charge is 2.43. The minimum absolute atomic E-state index is 0.0166. The van der Waals surface area contributed by atoms with E-state index < -0.39 is 33.9 Å². The van der Waals surface area contributed by atoms with Gasteiger partial charge in [0.2, 0.25) is 21.8 Å². The van der Waals surface area contributed by atoms with Gasteiger partial charge in [-0.15, -0.1) is 11.8 Å². The van der Waals surface area contributed by atoms with Crippen LogP contribution >= 0.6 is 11.8 Å². The molecular weight excluding hydrogens is 730 g/mol. The van der Waals surface area contributed by atoms with Gasteiger partial charge in [0.1, 0.15) is 0 Å². The van der Waals surface area contributed by atoms with Gasteiger partial charge in [-0.2, -0.15) is 17.5 Å². The number of nitrogens with zero attached hydrogens (tertiary/aromatic N) is 5. The Labute approximate surface area is 313 Å². The van der Waals surface area contributed by atoms with Crippen LogP contribution in [0, 0.1) is 0 Å². The van der Waals surface area contributed by atoms with Gasteiger partial charge in [0.15, 0.2) is 0 Å². The van der Waals surface area contributed by atoms with Crippen molar-refractivity contribution >= 4 is 33.6 Å². The fourth-order valence-electron chi connectivity index (χ4n) is 7.69. The van der Waals surface area contributed by atoms with Crippen LogP contribution in [0.5, 0.6) is 0 Å². The van der Waals surface area contributed by atoms with Gasteiger partial charge in [-0.05, 0) is 54.0 Å². The number of alkyl halides is 3. The van der Waals surface area contributed by atoms with Crippen molar-refractivity contribution in [3.63, 3.8) is 0 Å². The molecule has 3 atom stereocenters. The van der Waals surface area contributed by atoms with E-state index in [9.17, 15) is 36.3 Å². The SMILES string of the molecule is CN1C(c2ccc(C(F)(F)F)c(SCCNC(=O)Cc3ccccc3)c2)C2=C(CCN(S(C)(=O)=O)C2)N1CC(O)CN1C=CC(N2CCCC2=O)CC1. The Morgan fingerprint density at radius 2 is 1.85 bits per heavy atom. The van der Waals surface area contributed by atoms with Gasteiger partial charge in [0.25, 0.3) is 0 Å². The number of nitrogens with one attached hydrogen (secondary N) is 1. The maximum Gasteiger partial charge on any atom is 0.417 e. The van der Waals surface area contributed by atoms with Crippen LogP contribution in [0.3, 0.4) is 0 Å². The number of carbonyl (C=O) groups is 2. The molecule has 0 aromatic heterocycles. The molecule has 0 aliphatic carbocycles. The summed E-state index contributed by atoms with van der Waals surface area (Å²) in [5.41, 5.74) is 2.24. The third kappa shape index (κ3) is 9.39. The zero-order valence-corrected chi connectivity index (χ0v) is 31.6. The largest absolute Gasteiger partial charge is 0.417 e. The van der Waals surface area contributed by atoms with Crippen molar-refractivity contribution in [3.8, 4) is 0 Å². The molecule has 0 saturated carbocycles. The monoisotopic (exact) mass is 776 g/mol. The summed E-state index contributed by atoms with van der Waals surface area (Å²) in [4.78, 5) is 28.6. The van der Waals surface area contributed by atoms with Crippen molar-refractivity contribution in [2.45, 2.75) is 61.4 Å². The highest BCUT2D eigenvalue weighted by Crippen LogP contribution is 2.45. The van der Waals surface area contributed by atoms with Crippen LogP contribution in [-0.4, -0.2) is 126 Å². The number of hydrogen-bond donors (Lipinski definition) is 2. The van der Waals surface area contributed by atoms with E-state index in [-0.39, 0.29) is 61.1 Å². The maximum absolute atomic E-state index is 14.2. The molecule has 0 radical (unpaired) electrons. The van der Waals surface area contributed by atoms with Crippen molar-refractivity contribution in [1.82, 2.24) is 29.4 Å². The zero-order valence-electron chi connectivity index (χ0n) is 30.0. The van der Waals surface area contributed by atoms with Crippen LogP contribution in [0.25, 0.3) is 0 Å². The minimum atomic E-state index is -4.61. The van der Waals surface area contributed by atoms with Crippen molar-refractivity contribution < 1.29 is 36.3 Å². The Bertz CT molecular complexity index is 1830. The van der Waals surface area contributed by atoms with E-state index in [0.717, 1.165) is 60.3 Å². The third-order valence-electron chi connectivity index (χ3n) is 10.3. The number of thioether (sulfide) groups is 1. The Kier molecular flexibility index (Phi) is 12.1. The smallest absolute Gasteiger partial charge is 0.389 e. The summed E-state index contributed by atoms with van der Waals surface area (Å²) < 4.78 is 69.4. The standard InChI is InChI=1S/C37H47F3N6O5S2/c1-42-36(27-10-11-31(37(38,39)40)33(22-27)52-20-15-41-34(48)21-26-7-4-3-5-8-26)30-25-44(53(2,50)51)19-14-32(30)46(42)24-29(47)23-43-17-12-28(13-18-43)45-16-6-9-35(45)49/h3-5,7-8,10-12,17,22,28-29,36,47H,6,9,13-16,18-21,23-25H2,1-2H3,(H,41,48). The third-order valence-corrected chi connectivity index (χ3v) is 12.6. The average Bonchev–Trinajstić information content (AvgIpc) is 3.66. The number of aliphatic hydroxyl groups excluding tert-OH is 1. The summed E-state index contributed by atoms with van der Waals surface area (Å²) in [6, 6.07) is 12.7. The first-order valence-electron chi connectivity index (χ1n) is 17.9. The first kappa shape index (κ1) is 39.1. The van der Waals surface area contributed by atoms with E-state index in [1.54, 1.807) is 0 Å². The van der Waals surface area contributed by atoms with Gasteiger partial charge >= 0.3 is 6.18 Å². The van der Waals surface area contributed by atoms with Crippen LogP contribution < -0.4 is 5.32 Å². The van der Waals surface area contributed by atoms with E-state index in [0.29, 0.717) is 31.5 Å². The quantitative estimate of drug-likeness (QED) is 0.231. The number of sulfonamides is 1. The van der Waals surface area contributed by atoms with Crippen LogP contribution in [0.4, 0.5) is 13.2 Å². The van der Waals surface area contributed by atoms with Gasteiger partial charge in [-0.25, -0.2) is 13.4 Å². The molecular formula is C37H47F3N6O5S2. The van der Waals surface area contributed by atoms with Crippen molar-refractivity contribution in [2.24, 2.45) is 0 Å². The molecule has 1 fully saturated rings. The van der Waals surface area contributed by atoms with E-state index >= 15 is 0 Å². The van der Waals surface area contributed by atoms with Gasteiger partial charge in [-0.3, -0.25) is 9.59 Å². The number of amides is 2. The number of hydrazine groups is 1. The normalized spacial score (nSPS) is 22.2. The number of benzene rings is 2. The van der Waals surface area contributed by atoms with Crippen LogP contribution in [0.15, 0.2) is 77.0 Å². The van der Waals surface area contributed by atoms with Crippen molar-refractivity contribution in [1.29, 1.82) is 0 Å². The number of hydrogen-bond acceptors (Lipinski definition) is 9. The lowest BCUT2D eigenvalue weighted by molar-refractivity contribution is -0.139. The Balaban J connectivity index is 1.17. The second-order valence-corrected chi connectivity index (χ2v) is 17.1. The number of likely N-dealkylation sites (N-methyl/N-ethyl adjacent to an activating group) is 1. The number of β-amino-alcohol motifs (C(OH)–C–C–N with tert-alkyl or cyclic N) is 1. The Morgan fingerprint density at radius 1 is 1.08 bits per heavy atom.